The Hall–Kier alpha value is -3.31. The van der Waals surface area contributed by atoms with Gasteiger partial charge < -0.3 is 5.32 Å². The highest BCUT2D eigenvalue weighted by molar-refractivity contribution is 5.28. The highest BCUT2D eigenvalue weighted by Crippen LogP contribution is 2.29. The molecule has 4 rings (SSSR count). The predicted molar refractivity (Wildman–Crippen MR) is 110 cm³/mol. The van der Waals surface area contributed by atoms with E-state index in [0.717, 1.165) is 29.3 Å². The summed E-state index contributed by atoms with van der Waals surface area (Å²) >= 11 is 0. The molecule has 5 heteroatoms. The van der Waals surface area contributed by atoms with Gasteiger partial charge in [-0.05, 0) is 42.5 Å². The molecular formula is C23H23N5. The van der Waals surface area contributed by atoms with Crippen molar-refractivity contribution in [2.75, 3.05) is 6.54 Å². The Labute approximate surface area is 165 Å². The van der Waals surface area contributed by atoms with E-state index >= 15 is 0 Å². The van der Waals surface area contributed by atoms with Crippen LogP contribution in [0.4, 0.5) is 0 Å². The third-order valence-corrected chi connectivity index (χ3v) is 4.65. The molecule has 1 atom stereocenters. The SMILES string of the molecule is C1=CCNC(C(c2ccccn2)N(Cc2ccccn2)Cc2ccccn2)=C1. The summed E-state index contributed by atoms with van der Waals surface area (Å²) in [5.74, 6) is 0. The van der Waals surface area contributed by atoms with Crippen LogP contribution in [0.25, 0.3) is 0 Å². The van der Waals surface area contributed by atoms with Crippen molar-refractivity contribution in [3.8, 4) is 0 Å². The Morgan fingerprint density at radius 1 is 0.821 bits per heavy atom. The van der Waals surface area contributed by atoms with Crippen LogP contribution in [0.2, 0.25) is 0 Å². The van der Waals surface area contributed by atoms with Crippen LogP contribution in [-0.4, -0.2) is 26.4 Å². The van der Waals surface area contributed by atoms with Gasteiger partial charge in [0.25, 0.3) is 0 Å². The minimum Gasteiger partial charge on any atom is -0.383 e. The highest BCUT2D eigenvalue weighted by atomic mass is 15.2. The summed E-state index contributed by atoms with van der Waals surface area (Å²) < 4.78 is 0. The molecule has 1 N–H and O–H groups in total. The molecule has 0 amide bonds. The number of pyridine rings is 3. The molecule has 5 nitrogen and oxygen atoms in total. The van der Waals surface area contributed by atoms with Gasteiger partial charge in [-0.2, -0.15) is 0 Å². The quantitative estimate of drug-likeness (QED) is 0.689. The smallest absolute Gasteiger partial charge is 0.0931 e. The zero-order chi connectivity index (χ0) is 19.0. The van der Waals surface area contributed by atoms with Crippen LogP contribution in [0, 0.1) is 0 Å². The summed E-state index contributed by atoms with van der Waals surface area (Å²) in [5.41, 5.74) is 4.18. The lowest BCUT2D eigenvalue weighted by molar-refractivity contribution is 0.190. The fourth-order valence-electron chi connectivity index (χ4n) is 3.38. The molecule has 28 heavy (non-hydrogen) atoms. The van der Waals surface area contributed by atoms with Crippen LogP contribution >= 0.6 is 0 Å². The molecule has 0 fully saturated rings. The molecule has 0 bridgehead atoms. The van der Waals surface area contributed by atoms with Crippen molar-refractivity contribution in [1.29, 1.82) is 0 Å². The molecule has 1 aliphatic rings. The zero-order valence-corrected chi connectivity index (χ0v) is 15.6. The predicted octanol–water partition coefficient (Wildman–Crippen LogP) is 3.66. The molecule has 0 radical (unpaired) electrons. The van der Waals surface area contributed by atoms with Crippen LogP contribution in [0.5, 0.6) is 0 Å². The van der Waals surface area contributed by atoms with E-state index in [-0.39, 0.29) is 6.04 Å². The Kier molecular flexibility index (Phi) is 5.85. The van der Waals surface area contributed by atoms with E-state index in [9.17, 15) is 0 Å². The summed E-state index contributed by atoms with van der Waals surface area (Å²) in [5, 5.41) is 3.52. The molecule has 140 valence electrons. The number of aromatic nitrogens is 3. The molecule has 0 saturated heterocycles. The summed E-state index contributed by atoms with van der Waals surface area (Å²) in [6.07, 6.45) is 11.9. The van der Waals surface area contributed by atoms with Crippen molar-refractivity contribution < 1.29 is 0 Å². The minimum atomic E-state index is -0.0184. The summed E-state index contributed by atoms with van der Waals surface area (Å²) in [4.78, 5) is 16.1. The van der Waals surface area contributed by atoms with Crippen molar-refractivity contribution in [3.63, 3.8) is 0 Å². The van der Waals surface area contributed by atoms with Gasteiger partial charge in [-0.25, -0.2) is 0 Å². The third-order valence-electron chi connectivity index (χ3n) is 4.65. The highest BCUT2D eigenvalue weighted by Gasteiger charge is 2.27. The van der Waals surface area contributed by atoms with E-state index < -0.39 is 0 Å². The molecule has 3 aromatic heterocycles. The number of allylic oxidation sites excluding steroid dienone is 2. The Bertz CT molecular complexity index is 881. The molecule has 1 unspecified atom stereocenters. The van der Waals surface area contributed by atoms with Gasteiger partial charge in [-0.3, -0.25) is 19.9 Å². The van der Waals surface area contributed by atoms with Gasteiger partial charge in [0.1, 0.15) is 0 Å². The number of rotatable bonds is 7. The van der Waals surface area contributed by atoms with Gasteiger partial charge in [-0.15, -0.1) is 0 Å². The van der Waals surface area contributed by atoms with Crippen molar-refractivity contribution in [3.05, 3.63) is 114 Å². The topological polar surface area (TPSA) is 53.9 Å². The van der Waals surface area contributed by atoms with Gasteiger partial charge in [0.05, 0.1) is 23.1 Å². The van der Waals surface area contributed by atoms with Crippen LogP contribution in [0.3, 0.4) is 0 Å². The number of nitrogens with one attached hydrogen (secondary N) is 1. The van der Waals surface area contributed by atoms with E-state index in [1.54, 1.807) is 0 Å². The minimum absolute atomic E-state index is 0.0184. The summed E-state index contributed by atoms with van der Waals surface area (Å²) in [6.45, 7) is 2.21. The zero-order valence-electron chi connectivity index (χ0n) is 15.6. The van der Waals surface area contributed by atoms with Gasteiger partial charge in [0, 0.05) is 43.9 Å². The Morgan fingerprint density at radius 3 is 1.96 bits per heavy atom. The standard InChI is InChI=1S/C23H23N5/c1-5-13-24-19(9-1)17-28(18-20-10-2-6-14-25-20)23(21-11-3-7-15-26-21)22-12-4-8-16-27-22/h1-15,23,27H,16-18H2. The van der Waals surface area contributed by atoms with Crippen LogP contribution < -0.4 is 5.32 Å². The maximum Gasteiger partial charge on any atom is 0.0931 e. The second kappa shape index (κ2) is 9.06. The molecular weight excluding hydrogens is 346 g/mol. The average Bonchev–Trinajstić information content (AvgIpc) is 2.77. The van der Waals surface area contributed by atoms with Crippen LogP contribution in [-0.2, 0) is 13.1 Å². The second-order valence-corrected chi connectivity index (χ2v) is 6.64. The third kappa shape index (κ3) is 4.50. The number of nitrogens with zero attached hydrogens (tertiary/aromatic N) is 4. The molecule has 4 heterocycles. The largest absolute Gasteiger partial charge is 0.383 e. The van der Waals surface area contributed by atoms with Gasteiger partial charge in [0.2, 0.25) is 0 Å². The molecule has 3 aromatic rings. The van der Waals surface area contributed by atoms with Crippen molar-refractivity contribution in [2.45, 2.75) is 19.1 Å². The Balaban J connectivity index is 1.73. The molecule has 0 aromatic carbocycles. The first-order valence-electron chi connectivity index (χ1n) is 9.45. The molecule has 1 aliphatic heterocycles. The van der Waals surface area contributed by atoms with Gasteiger partial charge in [-0.1, -0.05) is 30.4 Å². The second-order valence-electron chi connectivity index (χ2n) is 6.64. The Morgan fingerprint density at radius 2 is 1.46 bits per heavy atom. The maximum absolute atomic E-state index is 4.67. The van der Waals surface area contributed by atoms with Crippen molar-refractivity contribution in [1.82, 2.24) is 25.2 Å². The van der Waals surface area contributed by atoms with Gasteiger partial charge in [0.15, 0.2) is 0 Å². The normalized spacial score (nSPS) is 14.4. The van der Waals surface area contributed by atoms with E-state index in [1.165, 1.54) is 0 Å². The van der Waals surface area contributed by atoms with E-state index in [4.69, 9.17) is 0 Å². The molecule has 0 aliphatic carbocycles. The molecule has 0 saturated carbocycles. The lowest BCUT2D eigenvalue weighted by Crippen LogP contribution is -2.35. The molecule has 0 spiro atoms. The van der Waals surface area contributed by atoms with E-state index in [1.807, 2.05) is 55.0 Å². The number of hydrogen-bond donors (Lipinski definition) is 1. The van der Waals surface area contributed by atoms with Crippen molar-refractivity contribution in [2.24, 2.45) is 0 Å². The van der Waals surface area contributed by atoms with E-state index in [2.05, 4.69) is 61.6 Å². The fourth-order valence-corrected chi connectivity index (χ4v) is 3.38. The lowest BCUT2D eigenvalue weighted by Gasteiger charge is -2.33. The first kappa shape index (κ1) is 18.1. The lowest BCUT2D eigenvalue weighted by atomic mass is 10.0. The number of hydrogen-bond acceptors (Lipinski definition) is 5. The average molecular weight is 369 g/mol. The van der Waals surface area contributed by atoms with Crippen molar-refractivity contribution >= 4 is 0 Å². The van der Waals surface area contributed by atoms with Crippen LogP contribution in [0.15, 0.2) is 97.1 Å². The first-order valence-corrected chi connectivity index (χ1v) is 9.45. The summed E-state index contributed by atoms with van der Waals surface area (Å²) in [7, 11) is 0. The van der Waals surface area contributed by atoms with Gasteiger partial charge >= 0.3 is 0 Å². The monoisotopic (exact) mass is 369 g/mol. The maximum atomic E-state index is 4.67. The van der Waals surface area contributed by atoms with E-state index in [0.29, 0.717) is 13.1 Å². The first-order chi connectivity index (χ1) is 13.9. The fraction of sp³-hybridized carbons (Fsp3) is 0.174. The summed E-state index contributed by atoms with van der Waals surface area (Å²) in [6, 6.07) is 18.1. The van der Waals surface area contributed by atoms with Crippen LogP contribution in [0.1, 0.15) is 23.1 Å². The number of dihydropyridines is 1.